The highest BCUT2D eigenvalue weighted by atomic mass is 28.4. The molecular formula is C11H24N2O3Si. The van der Waals surface area contributed by atoms with Crippen LogP contribution in [0.4, 0.5) is 0 Å². The summed E-state index contributed by atoms with van der Waals surface area (Å²) in [5, 5.41) is 0. The molecule has 0 aromatic heterocycles. The molecule has 0 aromatic carbocycles. The fourth-order valence-corrected chi connectivity index (χ4v) is 3.71. The lowest BCUT2D eigenvalue weighted by molar-refractivity contribution is 0.123. The summed E-state index contributed by atoms with van der Waals surface area (Å²) in [4.78, 5) is 6.90. The number of nitrogens with zero attached hydrogens (tertiary/aromatic N) is 2. The Bertz CT molecular complexity index is 249. The zero-order valence-corrected chi connectivity index (χ0v) is 12.4. The molecule has 0 N–H and O–H groups in total. The molecule has 0 atom stereocenters. The number of rotatable bonds is 7. The van der Waals surface area contributed by atoms with E-state index in [-0.39, 0.29) is 0 Å². The lowest BCUT2D eigenvalue weighted by atomic mass is 10.3. The number of aliphatic imine (C=N–C) groups is 1. The Morgan fingerprint density at radius 1 is 1.24 bits per heavy atom. The SMILES string of the molecule is CO[Si](CCCN=C1CCN(C)C1)(OC)OC. The lowest BCUT2D eigenvalue weighted by Gasteiger charge is -2.23. The molecule has 17 heavy (non-hydrogen) atoms. The van der Waals surface area contributed by atoms with E-state index in [4.69, 9.17) is 13.3 Å². The van der Waals surface area contributed by atoms with Crippen LogP contribution in [0, 0.1) is 0 Å². The standard InChI is InChI=1S/C11H24N2O3Si/c1-13-8-6-11(10-13)12-7-5-9-17(14-2,15-3)16-4/h5-10H2,1-4H3. The molecule has 0 saturated carbocycles. The van der Waals surface area contributed by atoms with Gasteiger partial charge in [0.25, 0.3) is 0 Å². The molecule has 0 aliphatic carbocycles. The predicted molar refractivity (Wildman–Crippen MR) is 70.6 cm³/mol. The molecule has 1 heterocycles. The lowest BCUT2D eigenvalue weighted by Crippen LogP contribution is -2.42. The highest BCUT2D eigenvalue weighted by Crippen LogP contribution is 2.15. The predicted octanol–water partition coefficient (Wildman–Crippen LogP) is 1.03. The van der Waals surface area contributed by atoms with Gasteiger partial charge in [-0.15, -0.1) is 0 Å². The van der Waals surface area contributed by atoms with Crippen LogP contribution in [0.5, 0.6) is 0 Å². The first-order valence-corrected chi connectivity index (χ1v) is 7.95. The van der Waals surface area contributed by atoms with Crippen molar-refractivity contribution in [2.75, 3.05) is 48.0 Å². The molecule has 0 spiro atoms. The van der Waals surface area contributed by atoms with Crippen molar-refractivity contribution >= 4 is 14.5 Å². The Morgan fingerprint density at radius 2 is 1.88 bits per heavy atom. The van der Waals surface area contributed by atoms with Crippen LogP contribution in [0.3, 0.4) is 0 Å². The zero-order chi connectivity index (χ0) is 12.7. The topological polar surface area (TPSA) is 43.3 Å². The molecule has 1 rings (SSSR count). The summed E-state index contributed by atoms with van der Waals surface area (Å²) < 4.78 is 16.1. The summed E-state index contributed by atoms with van der Waals surface area (Å²) in [7, 11) is 4.69. The van der Waals surface area contributed by atoms with Crippen molar-refractivity contribution in [1.29, 1.82) is 0 Å². The van der Waals surface area contributed by atoms with Gasteiger partial charge in [-0.25, -0.2) is 0 Å². The summed E-state index contributed by atoms with van der Waals surface area (Å²) in [5.74, 6) is 0. The summed E-state index contributed by atoms with van der Waals surface area (Å²) in [5.41, 5.74) is 1.31. The molecule has 0 radical (unpaired) electrons. The van der Waals surface area contributed by atoms with Crippen LogP contribution in [0.25, 0.3) is 0 Å². The summed E-state index contributed by atoms with van der Waals surface area (Å²) in [6, 6.07) is 0.823. The van der Waals surface area contributed by atoms with Crippen LogP contribution >= 0.6 is 0 Å². The van der Waals surface area contributed by atoms with Crippen molar-refractivity contribution in [2.24, 2.45) is 4.99 Å². The molecular weight excluding hydrogens is 236 g/mol. The fraction of sp³-hybridized carbons (Fsp3) is 0.909. The van der Waals surface area contributed by atoms with Gasteiger partial charge in [-0.1, -0.05) is 0 Å². The van der Waals surface area contributed by atoms with E-state index >= 15 is 0 Å². The Hall–Kier alpha value is -0.273. The molecule has 1 aliphatic heterocycles. The minimum absolute atomic E-state index is 0.823. The van der Waals surface area contributed by atoms with Gasteiger partial charge in [0.15, 0.2) is 0 Å². The highest BCUT2D eigenvalue weighted by molar-refractivity contribution is 6.60. The summed E-state index contributed by atoms with van der Waals surface area (Å²) >= 11 is 0. The van der Waals surface area contributed by atoms with Gasteiger partial charge in [-0.2, -0.15) is 0 Å². The van der Waals surface area contributed by atoms with Gasteiger partial charge in [-0.05, 0) is 19.9 Å². The van der Waals surface area contributed by atoms with Crippen molar-refractivity contribution in [2.45, 2.75) is 18.9 Å². The smallest absolute Gasteiger partial charge is 0.377 e. The highest BCUT2D eigenvalue weighted by Gasteiger charge is 2.36. The number of hydrogen-bond acceptors (Lipinski definition) is 5. The van der Waals surface area contributed by atoms with E-state index in [2.05, 4.69) is 16.9 Å². The van der Waals surface area contributed by atoms with E-state index in [0.29, 0.717) is 0 Å². The molecule has 6 heteroatoms. The Labute approximate surface area is 105 Å². The van der Waals surface area contributed by atoms with Gasteiger partial charge < -0.3 is 18.2 Å². The first-order chi connectivity index (χ1) is 8.15. The molecule has 100 valence electrons. The van der Waals surface area contributed by atoms with E-state index in [9.17, 15) is 0 Å². The maximum atomic E-state index is 5.36. The number of hydrogen-bond donors (Lipinski definition) is 0. The molecule has 0 aromatic rings. The van der Waals surface area contributed by atoms with Crippen molar-refractivity contribution in [3.63, 3.8) is 0 Å². The van der Waals surface area contributed by atoms with E-state index < -0.39 is 8.80 Å². The van der Waals surface area contributed by atoms with E-state index in [1.807, 2.05) is 0 Å². The van der Waals surface area contributed by atoms with Crippen LogP contribution in [0.15, 0.2) is 4.99 Å². The minimum Gasteiger partial charge on any atom is -0.377 e. The Balaban J connectivity index is 2.27. The molecule has 0 bridgehead atoms. The second-order valence-electron chi connectivity index (χ2n) is 4.33. The van der Waals surface area contributed by atoms with Crippen molar-refractivity contribution in [3.8, 4) is 0 Å². The maximum Gasteiger partial charge on any atom is 0.500 e. The third kappa shape index (κ3) is 4.48. The van der Waals surface area contributed by atoms with E-state index in [1.165, 1.54) is 5.71 Å². The molecule has 5 nitrogen and oxygen atoms in total. The zero-order valence-electron chi connectivity index (χ0n) is 11.4. The third-order valence-corrected chi connectivity index (χ3v) is 5.98. The molecule has 1 saturated heterocycles. The van der Waals surface area contributed by atoms with Crippen molar-refractivity contribution in [1.82, 2.24) is 4.90 Å². The van der Waals surface area contributed by atoms with Gasteiger partial charge in [-0.3, -0.25) is 4.99 Å². The first-order valence-electron chi connectivity index (χ1n) is 6.02. The molecule has 1 aliphatic rings. The molecule has 0 unspecified atom stereocenters. The van der Waals surface area contributed by atoms with Crippen LogP contribution in [-0.2, 0) is 13.3 Å². The van der Waals surface area contributed by atoms with Gasteiger partial charge in [0, 0.05) is 52.7 Å². The molecule has 0 amide bonds. The Kier molecular flexibility index (Phi) is 6.28. The van der Waals surface area contributed by atoms with E-state index in [0.717, 1.165) is 38.5 Å². The third-order valence-electron chi connectivity index (χ3n) is 3.14. The maximum absolute atomic E-state index is 5.36. The second kappa shape index (κ2) is 7.23. The fourth-order valence-electron chi connectivity index (χ4n) is 2.01. The van der Waals surface area contributed by atoms with Gasteiger partial charge in [0.1, 0.15) is 0 Å². The van der Waals surface area contributed by atoms with Crippen molar-refractivity contribution < 1.29 is 13.3 Å². The summed E-state index contributed by atoms with van der Waals surface area (Å²) in [6.07, 6.45) is 2.06. The monoisotopic (exact) mass is 260 g/mol. The van der Waals surface area contributed by atoms with Crippen molar-refractivity contribution in [3.05, 3.63) is 0 Å². The molecule has 1 fully saturated rings. The summed E-state index contributed by atoms with van der Waals surface area (Å²) in [6.45, 7) is 2.99. The number of likely N-dealkylation sites (tertiary alicyclic amines) is 1. The van der Waals surface area contributed by atoms with E-state index in [1.54, 1.807) is 21.3 Å². The minimum atomic E-state index is -2.39. The van der Waals surface area contributed by atoms with Gasteiger partial charge in [0.05, 0.1) is 0 Å². The largest absolute Gasteiger partial charge is 0.500 e. The van der Waals surface area contributed by atoms with Crippen LogP contribution < -0.4 is 0 Å². The van der Waals surface area contributed by atoms with Crippen LogP contribution in [0.2, 0.25) is 6.04 Å². The van der Waals surface area contributed by atoms with Crippen LogP contribution in [-0.4, -0.2) is 67.4 Å². The van der Waals surface area contributed by atoms with Crippen LogP contribution in [0.1, 0.15) is 12.8 Å². The first kappa shape index (κ1) is 14.8. The second-order valence-corrected chi connectivity index (χ2v) is 7.43. The average molecular weight is 260 g/mol. The Morgan fingerprint density at radius 3 is 2.35 bits per heavy atom. The average Bonchev–Trinajstić information content (AvgIpc) is 2.76. The van der Waals surface area contributed by atoms with Gasteiger partial charge in [0.2, 0.25) is 0 Å². The normalized spacial score (nSPS) is 20.4. The quantitative estimate of drug-likeness (QED) is 0.506. The van der Waals surface area contributed by atoms with Gasteiger partial charge >= 0.3 is 8.80 Å².